The van der Waals surface area contributed by atoms with E-state index in [2.05, 4.69) is 4.37 Å². The molecule has 4 nitrogen and oxygen atoms in total. The summed E-state index contributed by atoms with van der Waals surface area (Å²) in [7, 11) is 0. The number of nitrogens with two attached hydrogens (primary N) is 1. The van der Waals surface area contributed by atoms with E-state index >= 15 is 0 Å². The van der Waals surface area contributed by atoms with E-state index < -0.39 is 5.91 Å². The number of aryl methyl sites for hydroxylation is 1. The maximum Gasteiger partial charge on any atom is 0.269 e. The Morgan fingerprint density at radius 2 is 2.45 bits per heavy atom. The Labute approximate surface area is 67.4 Å². The van der Waals surface area contributed by atoms with Gasteiger partial charge in [0, 0.05) is 4.88 Å². The molecule has 5 heteroatoms. The molecular formula is C6H5N3OS. The molecule has 0 fully saturated rings. The van der Waals surface area contributed by atoms with Crippen LogP contribution in [0.15, 0.2) is 0 Å². The molecule has 0 aliphatic rings. The topological polar surface area (TPSA) is 79.8 Å². The first kappa shape index (κ1) is 7.69. The highest BCUT2D eigenvalue weighted by Gasteiger charge is 2.13. The quantitative estimate of drug-likeness (QED) is 0.658. The first-order valence-electron chi connectivity index (χ1n) is 2.83. The standard InChI is InChI=1S/C6H5N3OS/c1-3-4(2-7)5(6(8)10)9-11-3/h1H3,(H2,8,10). The van der Waals surface area contributed by atoms with Crippen LogP contribution in [0.3, 0.4) is 0 Å². The largest absolute Gasteiger partial charge is 0.364 e. The van der Waals surface area contributed by atoms with Crippen LogP contribution < -0.4 is 5.73 Å². The third kappa shape index (κ3) is 1.21. The average Bonchev–Trinajstić information content (AvgIpc) is 2.30. The first-order valence-corrected chi connectivity index (χ1v) is 3.60. The molecule has 1 aromatic heterocycles. The van der Waals surface area contributed by atoms with Crippen molar-refractivity contribution in [1.29, 1.82) is 5.26 Å². The summed E-state index contributed by atoms with van der Waals surface area (Å²) in [4.78, 5) is 11.3. The normalized spacial score (nSPS) is 9.09. The summed E-state index contributed by atoms with van der Waals surface area (Å²) < 4.78 is 3.73. The molecule has 0 aromatic carbocycles. The molecule has 1 aromatic rings. The van der Waals surface area contributed by atoms with Crippen molar-refractivity contribution in [3.05, 3.63) is 16.1 Å². The Morgan fingerprint density at radius 3 is 2.82 bits per heavy atom. The van der Waals surface area contributed by atoms with E-state index in [9.17, 15) is 4.79 Å². The van der Waals surface area contributed by atoms with Crippen molar-refractivity contribution >= 4 is 17.4 Å². The van der Waals surface area contributed by atoms with Crippen molar-refractivity contribution in [2.75, 3.05) is 0 Å². The van der Waals surface area contributed by atoms with E-state index in [1.807, 2.05) is 6.07 Å². The van der Waals surface area contributed by atoms with Gasteiger partial charge in [0.15, 0.2) is 5.69 Å². The summed E-state index contributed by atoms with van der Waals surface area (Å²) in [5.74, 6) is -0.647. The second-order valence-corrected chi connectivity index (χ2v) is 2.92. The van der Waals surface area contributed by atoms with Gasteiger partial charge in [-0.3, -0.25) is 4.79 Å². The zero-order chi connectivity index (χ0) is 8.43. The molecular weight excluding hydrogens is 162 g/mol. The van der Waals surface area contributed by atoms with Gasteiger partial charge in [0.25, 0.3) is 5.91 Å². The molecule has 0 bridgehead atoms. The van der Waals surface area contributed by atoms with Gasteiger partial charge in [0.2, 0.25) is 0 Å². The SMILES string of the molecule is Cc1snc(C(N)=O)c1C#N. The van der Waals surface area contributed by atoms with Crippen LogP contribution in [0.4, 0.5) is 0 Å². The highest BCUT2D eigenvalue weighted by Crippen LogP contribution is 2.15. The number of carbonyl (C=O) groups is 1. The fourth-order valence-electron chi connectivity index (χ4n) is 0.672. The monoisotopic (exact) mass is 167 g/mol. The lowest BCUT2D eigenvalue weighted by Crippen LogP contribution is -2.12. The van der Waals surface area contributed by atoms with Crippen molar-refractivity contribution in [2.24, 2.45) is 5.73 Å². The summed E-state index contributed by atoms with van der Waals surface area (Å²) in [5, 5.41) is 8.55. The van der Waals surface area contributed by atoms with E-state index in [-0.39, 0.29) is 5.69 Å². The Bertz CT molecular complexity index is 336. The van der Waals surface area contributed by atoms with Gasteiger partial charge in [-0.15, -0.1) is 0 Å². The Hall–Kier alpha value is -1.41. The Kier molecular flexibility index (Phi) is 1.87. The lowest BCUT2D eigenvalue weighted by molar-refractivity contribution is 0.0996. The van der Waals surface area contributed by atoms with E-state index in [1.54, 1.807) is 6.92 Å². The summed E-state index contributed by atoms with van der Waals surface area (Å²) in [6, 6.07) is 1.87. The Balaban J connectivity index is 3.30. The van der Waals surface area contributed by atoms with Crippen molar-refractivity contribution in [2.45, 2.75) is 6.92 Å². The van der Waals surface area contributed by atoms with Crippen LogP contribution in [0.2, 0.25) is 0 Å². The number of hydrogen-bond acceptors (Lipinski definition) is 4. The maximum atomic E-state index is 10.6. The predicted molar refractivity (Wildman–Crippen MR) is 40.1 cm³/mol. The molecule has 1 rings (SSSR count). The minimum atomic E-state index is -0.647. The zero-order valence-corrected chi connectivity index (χ0v) is 6.60. The van der Waals surface area contributed by atoms with Gasteiger partial charge in [0.1, 0.15) is 6.07 Å². The van der Waals surface area contributed by atoms with Gasteiger partial charge < -0.3 is 5.73 Å². The smallest absolute Gasteiger partial charge is 0.269 e. The Morgan fingerprint density at radius 1 is 1.82 bits per heavy atom. The highest BCUT2D eigenvalue weighted by atomic mass is 32.1. The highest BCUT2D eigenvalue weighted by molar-refractivity contribution is 7.06. The lowest BCUT2D eigenvalue weighted by Gasteiger charge is -1.86. The van der Waals surface area contributed by atoms with E-state index in [1.165, 1.54) is 0 Å². The van der Waals surface area contributed by atoms with Crippen LogP contribution in [-0.4, -0.2) is 10.3 Å². The van der Waals surface area contributed by atoms with Crippen LogP contribution in [0, 0.1) is 18.3 Å². The van der Waals surface area contributed by atoms with E-state index in [0.29, 0.717) is 5.56 Å². The lowest BCUT2D eigenvalue weighted by atomic mass is 10.2. The molecule has 0 atom stereocenters. The number of hydrogen-bond donors (Lipinski definition) is 1. The van der Waals surface area contributed by atoms with Crippen molar-refractivity contribution in [3.63, 3.8) is 0 Å². The molecule has 1 amide bonds. The molecule has 0 saturated heterocycles. The summed E-state index contributed by atoms with van der Waals surface area (Å²) >= 11 is 1.11. The van der Waals surface area contributed by atoms with Gasteiger partial charge in [-0.05, 0) is 18.5 Å². The summed E-state index contributed by atoms with van der Waals surface area (Å²) in [6.45, 7) is 1.72. The predicted octanol–water partition coefficient (Wildman–Crippen LogP) is 0.422. The van der Waals surface area contributed by atoms with E-state index in [0.717, 1.165) is 16.4 Å². The van der Waals surface area contributed by atoms with Gasteiger partial charge in [-0.1, -0.05) is 0 Å². The fraction of sp³-hybridized carbons (Fsp3) is 0.167. The molecule has 0 aliphatic carbocycles. The number of nitrogens with zero attached hydrogens (tertiary/aromatic N) is 2. The number of aromatic nitrogens is 1. The number of primary amides is 1. The second-order valence-electron chi connectivity index (χ2n) is 1.94. The maximum absolute atomic E-state index is 10.6. The van der Waals surface area contributed by atoms with Gasteiger partial charge in [0.05, 0.1) is 5.56 Å². The minimum Gasteiger partial charge on any atom is -0.364 e. The molecule has 0 aliphatic heterocycles. The van der Waals surface area contributed by atoms with Gasteiger partial charge >= 0.3 is 0 Å². The van der Waals surface area contributed by atoms with Gasteiger partial charge in [-0.2, -0.15) is 9.64 Å². The van der Waals surface area contributed by atoms with E-state index in [4.69, 9.17) is 11.0 Å². The summed E-state index contributed by atoms with van der Waals surface area (Å²) in [6.07, 6.45) is 0. The third-order valence-electron chi connectivity index (χ3n) is 1.21. The molecule has 1 heterocycles. The van der Waals surface area contributed by atoms with Crippen LogP contribution in [0.1, 0.15) is 20.9 Å². The molecule has 2 N–H and O–H groups in total. The molecule has 11 heavy (non-hydrogen) atoms. The van der Waals surface area contributed by atoms with Crippen LogP contribution in [-0.2, 0) is 0 Å². The summed E-state index contributed by atoms with van der Waals surface area (Å²) in [5.41, 5.74) is 5.33. The van der Waals surface area contributed by atoms with Crippen LogP contribution in [0.25, 0.3) is 0 Å². The minimum absolute atomic E-state index is 0.0787. The molecule has 0 unspecified atom stereocenters. The van der Waals surface area contributed by atoms with Gasteiger partial charge in [-0.25, -0.2) is 0 Å². The zero-order valence-electron chi connectivity index (χ0n) is 5.79. The van der Waals surface area contributed by atoms with Crippen molar-refractivity contribution < 1.29 is 4.79 Å². The molecule has 0 saturated carbocycles. The number of rotatable bonds is 1. The number of carbonyl (C=O) groups excluding carboxylic acids is 1. The van der Waals surface area contributed by atoms with Crippen LogP contribution in [0.5, 0.6) is 0 Å². The molecule has 0 radical (unpaired) electrons. The number of amides is 1. The number of nitriles is 1. The molecule has 0 spiro atoms. The third-order valence-corrected chi connectivity index (χ3v) is 1.96. The average molecular weight is 167 g/mol. The fourth-order valence-corrected chi connectivity index (χ4v) is 1.32. The van der Waals surface area contributed by atoms with Crippen molar-refractivity contribution in [1.82, 2.24) is 4.37 Å². The first-order chi connectivity index (χ1) is 5.16. The molecule has 56 valence electrons. The van der Waals surface area contributed by atoms with Crippen LogP contribution >= 0.6 is 11.5 Å². The second kappa shape index (κ2) is 2.68. The van der Waals surface area contributed by atoms with Crippen molar-refractivity contribution in [3.8, 4) is 6.07 Å².